The first-order chi connectivity index (χ1) is 5.68. The Labute approximate surface area is 73.9 Å². The Morgan fingerprint density at radius 2 is 2.42 bits per heavy atom. The molecule has 1 atom stereocenters. The average Bonchev–Trinajstić information content (AvgIpc) is 2.35. The Kier molecular flexibility index (Phi) is 3.53. The summed E-state index contributed by atoms with van der Waals surface area (Å²) in [6.45, 7) is 6.32. The maximum absolute atomic E-state index is 10.8. The highest BCUT2D eigenvalue weighted by molar-refractivity contribution is 5.78. The number of amides is 1. The van der Waals surface area contributed by atoms with Crippen LogP contribution in [0, 0.1) is 5.92 Å². The summed E-state index contributed by atoms with van der Waals surface area (Å²) in [7, 11) is 0. The van der Waals surface area contributed by atoms with E-state index in [1.165, 1.54) is 0 Å². The molecule has 1 heterocycles. The number of nitrogens with one attached hydrogen (secondary N) is 2. The lowest BCUT2D eigenvalue weighted by molar-refractivity contribution is -0.119. The lowest BCUT2D eigenvalue weighted by Gasteiger charge is -2.12. The van der Waals surface area contributed by atoms with Gasteiger partial charge in [-0.3, -0.25) is 4.79 Å². The molecular weight excluding hydrogens is 152 g/mol. The molecule has 0 aromatic heterocycles. The highest BCUT2D eigenvalue weighted by Gasteiger charge is 2.19. The number of rotatable bonds is 4. The molecule has 0 aromatic carbocycles. The van der Waals surface area contributed by atoms with E-state index in [9.17, 15) is 4.79 Å². The maximum atomic E-state index is 10.8. The van der Waals surface area contributed by atoms with Gasteiger partial charge >= 0.3 is 0 Å². The molecule has 1 unspecified atom stereocenters. The van der Waals surface area contributed by atoms with Crippen molar-refractivity contribution in [3.8, 4) is 0 Å². The zero-order chi connectivity index (χ0) is 8.97. The van der Waals surface area contributed by atoms with E-state index in [-0.39, 0.29) is 5.91 Å². The summed E-state index contributed by atoms with van der Waals surface area (Å²) in [5, 5.41) is 6.26. The number of carbonyl (C=O) groups excluding carboxylic acids is 1. The third-order valence-electron chi connectivity index (χ3n) is 2.03. The highest BCUT2D eigenvalue weighted by Crippen LogP contribution is 2.04. The molecule has 1 saturated heterocycles. The van der Waals surface area contributed by atoms with E-state index in [4.69, 9.17) is 0 Å². The fraction of sp³-hybridized carbons (Fsp3) is 0.889. The van der Waals surface area contributed by atoms with Crippen LogP contribution in [0.15, 0.2) is 0 Å². The molecule has 3 nitrogen and oxygen atoms in total. The first-order valence-corrected chi connectivity index (χ1v) is 4.68. The maximum Gasteiger partial charge on any atom is 0.220 e. The van der Waals surface area contributed by atoms with Gasteiger partial charge in [0.25, 0.3) is 0 Å². The molecule has 1 amide bonds. The van der Waals surface area contributed by atoms with Crippen LogP contribution in [-0.2, 0) is 4.79 Å². The van der Waals surface area contributed by atoms with Crippen molar-refractivity contribution in [1.82, 2.24) is 10.6 Å². The third-order valence-corrected chi connectivity index (χ3v) is 2.03. The molecule has 0 spiro atoms. The van der Waals surface area contributed by atoms with Crippen molar-refractivity contribution in [2.45, 2.75) is 32.7 Å². The molecule has 1 aliphatic rings. The average molecular weight is 170 g/mol. The molecule has 2 N–H and O–H groups in total. The van der Waals surface area contributed by atoms with E-state index < -0.39 is 0 Å². The van der Waals surface area contributed by atoms with Crippen LogP contribution < -0.4 is 10.6 Å². The van der Waals surface area contributed by atoms with Crippen molar-refractivity contribution >= 4 is 5.91 Å². The summed E-state index contributed by atoms with van der Waals surface area (Å²) in [5.74, 6) is 0.883. The summed E-state index contributed by atoms with van der Waals surface area (Å²) in [6, 6.07) is 0.372. The monoisotopic (exact) mass is 170 g/mol. The molecular formula is C9H18N2O. The summed E-state index contributed by atoms with van der Waals surface area (Å²) in [4.78, 5) is 10.8. The molecule has 1 aliphatic heterocycles. The van der Waals surface area contributed by atoms with Crippen LogP contribution in [0.2, 0.25) is 0 Å². The van der Waals surface area contributed by atoms with Crippen molar-refractivity contribution in [1.29, 1.82) is 0 Å². The largest absolute Gasteiger partial charge is 0.352 e. The van der Waals surface area contributed by atoms with E-state index in [0.717, 1.165) is 19.5 Å². The van der Waals surface area contributed by atoms with Crippen molar-refractivity contribution < 1.29 is 4.79 Å². The SMILES string of the molecule is CC(C)CNCC1CCC(=O)N1. The number of hydrogen-bond acceptors (Lipinski definition) is 2. The van der Waals surface area contributed by atoms with Gasteiger partial charge in [-0.1, -0.05) is 13.8 Å². The molecule has 3 heteroatoms. The van der Waals surface area contributed by atoms with Gasteiger partial charge in [0.2, 0.25) is 5.91 Å². The van der Waals surface area contributed by atoms with Crippen LogP contribution in [0.25, 0.3) is 0 Å². The Bertz CT molecular complexity index is 157. The normalized spacial score (nSPS) is 23.2. The molecule has 1 fully saturated rings. The molecule has 0 radical (unpaired) electrons. The van der Waals surface area contributed by atoms with Crippen LogP contribution >= 0.6 is 0 Å². The highest BCUT2D eigenvalue weighted by atomic mass is 16.1. The fourth-order valence-electron chi connectivity index (χ4n) is 1.38. The van der Waals surface area contributed by atoms with E-state index in [2.05, 4.69) is 24.5 Å². The van der Waals surface area contributed by atoms with Crippen LogP contribution in [0.3, 0.4) is 0 Å². The Balaban J connectivity index is 2.04. The Hall–Kier alpha value is -0.570. The van der Waals surface area contributed by atoms with Gasteiger partial charge in [-0.2, -0.15) is 0 Å². The quantitative estimate of drug-likeness (QED) is 0.645. The third kappa shape index (κ3) is 3.22. The molecule has 0 bridgehead atoms. The molecule has 12 heavy (non-hydrogen) atoms. The minimum Gasteiger partial charge on any atom is -0.352 e. The van der Waals surface area contributed by atoms with Gasteiger partial charge in [-0.15, -0.1) is 0 Å². The minimum atomic E-state index is 0.200. The van der Waals surface area contributed by atoms with Gasteiger partial charge in [-0.25, -0.2) is 0 Å². The van der Waals surface area contributed by atoms with Crippen LogP contribution in [0.5, 0.6) is 0 Å². The number of carbonyl (C=O) groups is 1. The van der Waals surface area contributed by atoms with E-state index >= 15 is 0 Å². The Morgan fingerprint density at radius 3 is 2.92 bits per heavy atom. The van der Waals surface area contributed by atoms with Crippen molar-refractivity contribution in [2.24, 2.45) is 5.92 Å². The second kappa shape index (κ2) is 4.45. The van der Waals surface area contributed by atoms with Crippen molar-refractivity contribution in [2.75, 3.05) is 13.1 Å². The standard InChI is InChI=1S/C9H18N2O/c1-7(2)5-10-6-8-3-4-9(12)11-8/h7-8,10H,3-6H2,1-2H3,(H,11,12). The first kappa shape index (κ1) is 9.52. The van der Waals surface area contributed by atoms with Crippen LogP contribution in [0.1, 0.15) is 26.7 Å². The lowest BCUT2D eigenvalue weighted by Crippen LogP contribution is -2.36. The number of hydrogen-bond donors (Lipinski definition) is 2. The van der Waals surface area contributed by atoms with Crippen LogP contribution in [-0.4, -0.2) is 25.0 Å². The topological polar surface area (TPSA) is 41.1 Å². The van der Waals surface area contributed by atoms with Crippen LogP contribution in [0.4, 0.5) is 0 Å². The smallest absolute Gasteiger partial charge is 0.220 e. The lowest BCUT2D eigenvalue weighted by atomic mass is 10.2. The Morgan fingerprint density at radius 1 is 1.67 bits per heavy atom. The predicted octanol–water partition coefficient (Wildman–Crippen LogP) is 0.511. The second-order valence-corrected chi connectivity index (χ2v) is 3.86. The van der Waals surface area contributed by atoms with Crippen molar-refractivity contribution in [3.05, 3.63) is 0 Å². The van der Waals surface area contributed by atoms with Gasteiger partial charge in [0.15, 0.2) is 0 Å². The summed E-state index contributed by atoms with van der Waals surface area (Å²) >= 11 is 0. The molecule has 0 saturated carbocycles. The minimum absolute atomic E-state index is 0.200. The van der Waals surface area contributed by atoms with Crippen molar-refractivity contribution in [3.63, 3.8) is 0 Å². The van der Waals surface area contributed by atoms with Gasteiger partial charge in [0.1, 0.15) is 0 Å². The van der Waals surface area contributed by atoms with Gasteiger partial charge in [0.05, 0.1) is 0 Å². The fourth-order valence-corrected chi connectivity index (χ4v) is 1.38. The van der Waals surface area contributed by atoms with E-state index in [0.29, 0.717) is 18.4 Å². The van der Waals surface area contributed by atoms with Gasteiger partial charge in [-0.05, 0) is 18.9 Å². The van der Waals surface area contributed by atoms with E-state index in [1.54, 1.807) is 0 Å². The van der Waals surface area contributed by atoms with E-state index in [1.807, 2.05) is 0 Å². The molecule has 0 aromatic rings. The molecule has 0 aliphatic carbocycles. The molecule has 1 rings (SSSR count). The first-order valence-electron chi connectivity index (χ1n) is 4.68. The zero-order valence-corrected chi connectivity index (χ0v) is 7.89. The second-order valence-electron chi connectivity index (χ2n) is 3.86. The molecule has 70 valence electrons. The van der Waals surface area contributed by atoms with Gasteiger partial charge in [0, 0.05) is 19.0 Å². The summed E-state index contributed by atoms with van der Waals surface area (Å²) in [6.07, 6.45) is 1.69. The summed E-state index contributed by atoms with van der Waals surface area (Å²) < 4.78 is 0. The zero-order valence-electron chi connectivity index (χ0n) is 7.89. The summed E-state index contributed by atoms with van der Waals surface area (Å²) in [5.41, 5.74) is 0. The van der Waals surface area contributed by atoms with Gasteiger partial charge < -0.3 is 10.6 Å². The predicted molar refractivity (Wildman–Crippen MR) is 48.9 cm³/mol.